The van der Waals surface area contributed by atoms with Crippen molar-refractivity contribution in [3.05, 3.63) is 0 Å². The van der Waals surface area contributed by atoms with Gasteiger partial charge in [0.05, 0.1) is 6.04 Å². The molecule has 3 heteroatoms. The zero-order valence-corrected chi connectivity index (χ0v) is 9.83. The Bertz CT molecular complexity index is 238. The van der Waals surface area contributed by atoms with Crippen molar-refractivity contribution in [2.75, 3.05) is 13.1 Å². The fraction of sp³-hybridized carbons (Fsp3) is 0.917. The van der Waals surface area contributed by atoms with Crippen LogP contribution >= 0.6 is 0 Å². The Morgan fingerprint density at radius 3 is 2.60 bits per heavy atom. The lowest BCUT2D eigenvalue weighted by molar-refractivity contribution is -0.134. The van der Waals surface area contributed by atoms with Crippen molar-refractivity contribution in [1.82, 2.24) is 10.2 Å². The van der Waals surface area contributed by atoms with E-state index in [-0.39, 0.29) is 6.04 Å². The Labute approximate surface area is 92.2 Å². The number of carbonyl (C=O) groups excluding carboxylic acids is 1. The van der Waals surface area contributed by atoms with Crippen LogP contribution in [-0.4, -0.2) is 36.0 Å². The minimum Gasteiger partial charge on any atom is -0.338 e. The molecule has 0 spiro atoms. The highest BCUT2D eigenvalue weighted by Crippen LogP contribution is 2.29. The number of amides is 1. The smallest absolute Gasteiger partial charge is 0.240 e. The summed E-state index contributed by atoms with van der Waals surface area (Å²) in [5.74, 6) is 0.861. The van der Waals surface area contributed by atoms with Crippen LogP contribution in [0.5, 0.6) is 0 Å². The maximum absolute atomic E-state index is 12.3. The first-order valence-corrected chi connectivity index (χ1v) is 6.28. The largest absolute Gasteiger partial charge is 0.338 e. The first kappa shape index (κ1) is 10.9. The van der Waals surface area contributed by atoms with Crippen LogP contribution in [0.3, 0.4) is 0 Å². The van der Waals surface area contributed by atoms with E-state index in [9.17, 15) is 4.79 Å². The molecule has 86 valence electrons. The first-order chi connectivity index (χ1) is 7.24. The summed E-state index contributed by atoms with van der Waals surface area (Å²) in [6.07, 6.45) is 4.64. The molecule has 1 aliphatic carbocycles. The maximum atomic E-state index is 12.3. The van der Waals surface area contributed by atoms with E-state index in [0.717, 1.165) is 25.9 Å². The van der Waals surface area contributed by atoms with Crippen molar-refractivity contribution < 1.29 is 4.79 Å². The molecule has 1 aliphatic heterocycles. The summed E-state index contributed by atoms with van der Waals surface area (Å²) in [5, 5.41) is 3.34. The van der Waals surface area contributed by atoms with Crippen LogP contribution in [0.15, 0.2) is 0 Å². The molecule has 1 amide bonds. The minimum atomic E-state index is 0.0946. The maximum Gasteiger partial charge on any atom is 0.240 e. The summed E-state index contributed by atoms with van der Waals surface area (Å²) in [4.78, 5) is 14.4. The first-order valence-electron chi connectivity index (χ1n) is 6.28. The molecule has 0 aromatic carbocycles. The average Bonchev–Trinajstić information content (AvgIpc) is 2.97. The van der Waals surface area contributed by atoms with Gasteiger partial charge in [-0.2, -0.15) is 0 Å². The van der Waals surface area contributed by atoms with Crippen molar-refractivity contribution in [3.63, 3.8) is 0 Å². The van der Waals surface area contributed by atoms with Crippen molar-refractivity contribution in [3.8, 4) is 0 Å². The predicted octanol–water partition coefficient (Wildman–Crippen LogP) is 1.39. The molecule has 1 saturated heterocycles. The Hall–Kier alpha value is -0.570. The van der Waals surface area contributed by atoms with Crippen LogP contribution in [-0.2, 0) is 4.79 Å². The summed E-state index contributed by atoms with van der Waals surface area (Å²) in [6.45, 7) is 6.27. The predicted molar refractivity (Wildman–Crippen MR) is 60.6 cm³/mol. The summed E-state index contributed by atoms with van der Waals surface area (Å²) < 4.78 is 0. The number of hydrogen-bond donors (Lipinski definition) is 1. The highest BCUT2D eigenvalue weighted by Gasteiger charge is 2.38. The van der Waals surface area contributed by atoms with Gasteiger partial charge in [-0.1, -0.05) is 13.8 Å². The van der Waals surface area contributed by atoms with Gasteiger partial charge in [-0.15, -0.1) is 0 Å². The quantitative estimate of drug-likeness (QED) is 0.760. The Balaban J connectivity index is 1.96. The van der Waals surface area contributed by atoms with Gasteiger partial charge in [0.25, 0.3) is 0 Å². The molecule has 0 radical (unpaired) electrons. The second-order valence-electron chi connectivity index (χ2n) is 4.96. The molecule has 0 bridgehead atoms. The Kier molecular flexibility index (Phi) is 3.29. The fourth-order valence-corrected chi connectivity index (χ4v) is 2.44. The van der Waals surface area contributed by atoms with Crippen LogP contribution in [0.4, 0.5) is 0 Å². The van der Waals surface area contributed by atoms with Gasteiger partial charge in [-0.25, -0.2) is 0 Å². The van der Waals surface area contributed by atoms with E-state index in [1.54, 1.807) is 0 Å². The number of hydrogen-bond acceptors (Lipinski definition) is 2. The van der Waals surface area contributed by atoms with E-state index in [0.29, 0.717) is 17.9 Å². The summed E-state index contributed by atoms with van der Waals surface area (Å²) >= 11 is 0. The van der Waals surface area contributed by atoms with Gasteiger partial charge in [-0.3, -0.25) is 4.79 Å². The highest BCUT2D eigenvalue weighted by molar-refractivity contribution is 5.83. The van der Waals surface area contributed by atoms with Crippen LogP contribution in [0.2, 0.25) is 0 Å². The van der Waals surface area contributed by atoms with Gasteiger partial charge < -0.3 is 10.2 Å². The van der Waals surface area contributed by atoms with Crippen LogP contribution in [0, 0.1) is 5.92 Å². The molecule has 1 heterocycles. The zero-order chi connectivity index (χ0) is 10.8. The molecule has 1 N–H and O–H groups in total. The lowest BCUT2D eigenvalue weighted by Crippen LogP contribution is -2.47. The number of nitrogens with one attached hydrogen (secondary N) is 1. The third-order valence-electron chi connectivity index (χ3n) is 3.53. The summed E-state index contributed by atoms with van der Waals surface area (Å²) in [7, 11) is 0. The van der Waals surface area contributed by atoms with Gasteiger partial charge in [0.15, 0.2) is 0 Å². The van der Waals surface area contributed by atoms with Gasteiger partial charge in [-0.05, 0) is 38.1 Å². The van der Waals surface area contributed by atoms with E-state index in [1.165, 1.54) is 12.8 Å². The lowest BCUT2D eigenvalue weighted by atomic mass is 10.0. The molecule has 2 rings (SSSR count). The molecule has 2 aliphatic rings. The highest BCUT2D eigenvalue weighted by atomic mass is 16.2. The molecule has 1 saturated carbocycles. The molecular weight excluding hydrogens is 188 g/mol. The van der Waals surface area contributed by atoms with Crippen molar-refractivity contribution in [1.29, 1.82) is 0 Å². The van der Waals surface area contributed by atoms with E-state index in [1.807, 2.05) is 0 Å². The third-order valence-corrected chi connectivity index (χ3v) is 3.53. The van der Waals surface area contributed by atoms with Crippen molar-refractivity contribution >= 4 is 5.91 Å². The van der Waals surface area contributed by atoms with E-state index in [2.05, 4.69) is 24.1 Å². The van der Waals surface area contributed by atoms with Crippen molar-refractivity contribution in [2.24, 2.45) is 5.92 Å². The molecule has 15 heavy (non-hydrogen) atoms. The molecule has 0 aromatic rings. The molecule has 2 atom stereocenters. The monoisotopic (exact) mass is 210 g/mol. The van der Waals surface area contributed by atoms with Gasteiger partial charge >= 0.3 is 0 Å². The van der Waals surface area contributed by atoms with Gasteiger partial charge in [0, 0.05) is 12.6 Å². The molecule has 2 fully saturated rings. The van der Waals surface area contributed by atoms with Crippen molar-refractivity contribution in [2.45, 2.75) is 51.6 Å². The van der Waals surface area contributed by atoms with Crippen LogP contribution in [0.25, 0.3) is 0 Å². The van der Waals surface area contributed by atoms with Gasteiger partial charge in [0.2, 0.25) is 5.91 Å². The number of carbonyl (C=O) groups is 1. The molecule has 0 aromatic heterocycles. The van der Waals surface area contributed by atoms with Gasteiger partial charge in [0.1, 0.15) is 0 Å². The second-order valence-corrected chi connectivity index (χ2v) is 4.96. The van der Waals surface area contributed by atoms with Crippen LogP contribution < -0.4 is 5.32 Å². The zero-order valence-electron chi connectivity index (χ0n) is 9.83. The summed E-state index contributed by atoms with van der Waals surface area (Å²) in [5.41, 5.74) is 0. The minimum absolute atomic E-state index is 0.0946. The molecular formula is C12H22N2O. The number of nitrogens with zero attached hydrogens (tertiary/aromatic N) is 1. The normalized spacial score (nSPS) is 30.5. The summed E-state index contributed by atoms with van der Waals surface area (Å²) in [6, 6.07) is 0.657. The SMILES string of the molecule is CCCN(C(=O)C1NCCC1C)C1CC1. The topological polar surface area (TPSA) is 32.3 Å². The van der Waals surface area contributed by atoms with Crippen LogP contribution in [0.1, 0.15) is 39.5 Å². The fourth-order valence-electron chi connectivity index (χ4n) is 2.44. The molecule has 3 nitrogen and oxygen atoms in total. The second kappa shape index (κ2) is 4.52. The Morgan fingerprint density at radius 1 is 1.40 bits per heavy atom. The number of rotatable bonds is 4. The average molecular weight is 210 g/mol. The standard InChI is InChI=1S/C12H22N2O/c1-3-8-14(10-4-5-10)12(15)11-9(2)6-7-13-11/h9-11,13H,3-8H2,1-2H3. The van der Waals surface area contributed by atoms with E-state index in [4.69, 9.17) is 0 Å². The third kappa shape index (κ3) is 2.33. The molecule has 2 unspecified atom stereocenters. The van der Waals surface area contributed by atoms with E-state index >= 15 is 0 Å². The van der Waals surface area contributed by atoms with E-state index < -0.39 is 0 Å². The lowest BCUT2D eigenvalue weighted by Gasteiger charge is -2.27. The Morgan fingerprint density at radius 2 is 2.13 bits per heavy atom.